The molecule has 0 N–H and O–H groups in total. The van der Waals surface area contributed by atoms with E-state index in [1.807, 2.05) is 11.8 Å². The molecular weight excluding hydrogens is 184 g/mol. The van der Waals surface area contributed by atoms with Crippen molar-refractivity contribution in [2.45, 2.75) is 49.4 Å². The van der Waals surface area contributed by atoms with E-state index in [-0.39, 0.29) is 0 Å². The molecule has 0 spiro atoms. The van der Waals surface area contributed by atoms with Gasteiger partial charge in [-0.25, -0.2) is 0 Å². The number of thioether (sulfide) groups is 1. The Morgan fingerprint density at radius 1 is 0.769 bits per heavy atom. The first-order chi connectivity index (χ1) is 6.45. The largest absolute Gasteiger partial charge is 0.368 e. The first-order valence-corrected chi connectivity index (χ1v) is 6.28. The molecule has 2 aliphatic rings. The number of ether oxygens (including phenoxy) is 2. The highest BCUT2D eigenvalue weighted by molar-refractivity contribution is 8.00. The average molecular weight is 202 g/mol. The van der Waals surface area contributed by atoms with Gasteiger partial charge in [-0.3, -0.25) is 0 Å². The molecule has 0 aromatic carbocycles. The van der Waals surface area contributed by atoms with Gasteiger partial charge in [0.1, 0.15) is 10.9 Å². The lowest BCUT2D eigenvalue weighted by Crippen LogP contribution is -2.23. The quantitative estimate of drug-likeness (QED) is 0.686. The van der Waals surface area contributed by atoms with E-state index in [2.05, 4.69) is 0 Å². The van der Waals surface area contributed by atoms with E-state index >= 15 is 0 Å². The van der Waals surface area contributed by atoms with E-state index in [1.54, 1.807) is 0 Å². The predicted molar refractivity (Wildman–Crippen MR) is 54.8 cm³/mol. The van der Waals surface area contributed by atoms with Crippen molar-refractivity contribution in [2.24, 2.45) is 0 Å². The van der Waals surface area contributed by atoms with Gasteiger partial charge in [-0.1, -0.05) is 11.8 Å². The Hall–Kier alpha value is 0.270. The van der Waals surface area contributed by atoms with Crippen molar-refractivity contribution in [3.8, 4) is 0 Å². The second-order valence-corrected chi connectivity index (χ2v) is 5.05. The molecule has 0 amide bonds. The van der Waals surface area contributed by atoms with Crippen molar-refractivity contribution in [2.75, 3.05) is 13.2 Å². The van der Waals surface area contributed by atoms with Gasteiger partial charge in [-0.05, 0) is 38.5 Å². The van der Waals surface area contributed by atoms with Gasteiger partial charge in [0.15, 0.2) is 0 Å². The summed E-state index contributed by atoms with van der Waals surface area (Å²) >= 11 is 1.90. The van der Waals surface area contributed by atoms with E-state index in [1.165, 1.54) is 38.5 Å². The zero-order valence-corrected chi connectivity index (χ0v) is 8.85. The minimum absolute atomic E-state index is 0.414. The highest BCUT2D eigenvalue weighted by Crippen LogP contribution is 2.31. The van der Waals surface area contributed by atoms with Crippen molar-refractivity contribution in [3.05, 3.63) is 0 Å². The van der Waals surface area contributed by atoms with Gasteiger partial charge >= 0.3 is 0 Å². The molecule has 2 aliphatic heterocycles. The van der Waals surface area contributed by atoms with Crippen LogP contribution in [0.3, 0.4) is 0 Å². The van der Waals surface area contributed by atoms with Crippen molar-refractivity contribution < 1.29 is 9.47 Å². The maximum atomic E-state index is 5.66. The summed E-state index contributed by atoms with van der Waals surface area (Å²) in [7, 11) is 0. The van der Waals surface area contributed by atoms with E-state index in [0.717, 1.165) is 13.2 Å². The Kier molecular flexibility index (Phi) is 3.94. The molecule has 13 heavy (non-hydrogen) atoms. The molecule has 2 unspecified atom stereocenters. The highest BCUT2D eigenvalue weighted by Gasteiger charge is 2.21. The van der Waals surface area contributed by atoms with Crippen LogP contribution < -0.4 is 0 Å². The van der Waals surface area contributed by atoms with Crippen LogP contribution in [0.1, 0.15) is 38.5 Å². The van der Waals surface area contributed by atoms with Crippen molar-refractivity contribution >= 4 is 11.8 Å². The van der Waals surface area contributed by atoms with Gasteiger partial charge in [-0.2, -0.15) is 0 Å². The van der Waals surface area contributed by atoms with Gasteiger partial charge in [0.25, 0.3) is 0 Å². The number of hydrogen-bond donors (Lipinski definition) is 0. The van der Waals surface area contributed by atoms with Crippen LogP contribution in [0.15, 0.2) is 0 Å². The van der Waals surface area contributed by atoms with Crippen LogP contribution in [0.2, 0.25) is 0 Å². The zero-order chi connectivity index (χ0) is 8.93. The summed E-state index contributed by atoms with van der Waals surface area (Å²) in [5.41, 5.74) is 0.827. The average Bonchev–Trinajstić information content (AvgIpc) is 2.21. The van der Waals surface area contributed by atoms with Gasteiger partial charge < -0.3 is 9.47 Å². The molecule has 0 saturated carbocycles. The van der Waals surface area contributed by atoms with Crippen LogP contribution in [0.5, 0.6) is 0 Å². The fourth-order valence-corrected chi connectivity index (χ4v) is 3.10. The summed E-state index contributed by atoms with van der Waals surface area (Å²) in [5.74, 6) is 0. The predicted octanol–water partition coefficient (Wildman–Crippen LogP) is 2.77. The van der Waals surface area contributed by atoms with E-state index in [9.17, 15) is 0 Å². The maximum Gasteiger partial charge on any atom is 0.105 e. The van der Waals surface area contributed by atoms with Crippen molar-refractivity contribution in [1.82, 2.24) is 0 Å². The maximum absolute atomic E-state index is 5.66. The highest BCUT2D eigenvalue weighted by atomic mass is 32.2. The molecule has 0 radical (unpaired) electrons. The lowest BCUT2D eigenvalue weighted by Gasteiger charge is -2.28. The molecule has 2 heterocycles. The summed E-state index contributed by atoms with van der Waals surface area (Å²) < 4.78 is 11.3. The topological polar surface area (TPSA) is 18.5 Å². The molecular formula is C10H18O2S. The molecule has 0 aromatic heterocycles. The van der Waals surface area contributed by atoms with E-state index in [0.29, 0.717) is 10.9 Å². The summed E-state index contributed by atoms with van der Waals surface area (Å²) in [6.45, 7) is 1.90. The summed E-state index contributed by atoms with van der Waals surface area (Å²) in [6.07, 6.45) is 7.55. The van der Waals surface area contributed by atoms with Crippen molar-refractivity contribution in [1.29, 1.82) is 0 Å². The third-order valence-electron chi connectivity index (χ3n) is 2.58. The standard InChI is InChI=1S/C10H18O2S/c1-3-7-11-9(5-1)13-10-6-2-4-8-12-10/h9-10H,1-8H2. The first kappa shape index (κ1) is 9.81. The molecule has 0 bridgehead atoms. The Bertz CT molecular complexity index is 124. The summed E-state index contributed by atoms with van der Waals surface area (Å²) in [6, 6.07) is 0. The second-order valence-electron chi connectivity index (χ2n) is 3.73. The fraction of sp³-hybridized carbons (Fsp3) is 1.00. The Balaban J connectivity index is 1.69. The zero-order valence-electron chi connectivity index (χ0n) is 8.04. The summed E-state index contributed by atoms with van der Waals surface area (Å²) in [5, 5.41) is 0. The second kappa shape index (κ2) is 5.23. The van der Waals surface area contributed by atoms with Crippen LogP contribution in [-0.4, -0.2) is 24.1 Å². The van der Waals surface area contributed by atoms with Gasteiger partial charge in [0.2, 0.25) is 0 Å². The Morgan fingerprint density at radius 2 is 1.31 bits per heavy atom. The monoisotopic (exact) mass is 202 g/mol. The molecule has 0 aromatic rings. The molecule has 76 valence electrons. The summed E-state index contributed by atoms with van der Waals surface area (Å²) in [4.78, 5) is 0. The lowest BCUT2D eigenvalue weighted by molar-refractivity contribution is 0.0530. The molecule has 3 heteroatoms. The van der Waals surface area contributed by atoms with Crippen LogP contribution in [0.4, 0.5) is 0 Å². The molecule has 0 aliphatic carbocycles. The van der Waals surface area contributed by atoms with Crippen LogP contribution in [0.25, 0.3) is 0 Å². The Labute approximate surface area is 84.4 Å². The SMILES string of the molecule is C1CCC(SC2CCCCO2)OC1. The van der Waals surface area contributed by atoms with Crippen molar-refractivity contribution in [3.63, 3.8) is 0 Å². The van der Waals surface area contributed by atoms with Crippen LogP contribution in [0, 0.1) is 0 Å². The normalized spacial score (nSPS) is 36.0. The molecule has 2 fully saturated rings. The minimum atomic E-state index is 0.414. The Morgan fingerprint density at radius 3 is 1.69 bits per heavy atom. The smallest absolute Gasteiger partial charge is 0.105 e. The van der Waals surface area contributed by atoms with Gasteiger partial charge in [-0.15, -0.1) is 0 Å². The number of hydrogen-bond acceptors (Lipinski definition) is 3. The first-order valence-electron chi connectivity index (χ1n) is 5.34. The third-order valence-corrected chi connectivity index (χ3v) is 3.93. The van der Waals surface area contributed by atoms with Gasteiger partial charge in [0, 0.05) is 13.2 Å². The van der Waals surface area contributed by atoms with E-state index < -0.39 is 0 Å². The molecule has 2 nitrogen and oxygen atoms in total. The third kappa shape index (κ3) is 3.15. The van der Waals surface area contributed by atoms with Gasteiger partial charge in [0.05, 0.1) is 0 Å². The fourth-order valence-electron chi connectivity index (χ4n) is 1.81. The lowest BCUT2D eigenvalue weighted by atomic mass is 10.2. The van der Waals surface area contributed by atoms with E-state index in [4.69, 9.17) is 9.47 Å². The van der Waals surface area contributed by atoms with Crippen LogP contribution >= 0.6 is 11.8 Å². The number of rotatable bonds is 2. The molecule has 2 atom stereocenters. The minimum Gasteiger partial charge on any atom is -0.368 e. The molecule has 2 rings (SSSR count). The molecule has 2 saturated heterocycles. The van der Waals surface area contributed by atoms with Crippen LogP contribution in [-0.2, 0) is 9.47 Å².